The van der Waals surface area contributed by atoms with Crippen LogP contribution < -0.4 is 5.73 Å². The van der Waals surface area contributed by atoms with Crippen molar-refractivity contribution in [2.24, 2.45) is 5.73 Å². The van der Waals surface area contributed by atoms with Gasteiger partial charge in [-0.1, -0.05) is 116 Å². The molecule has 164 valence electrons. The van der Waals surface area contributed by atoms with Crippen LogP contribution in [0.15, 0.2) is 0 Å². The van der Waals surface area contributed by atoms with E-state index in [-0.39, 0.29) is 0 Å². The smallest absolute Gasteiger partial charge is 0.102 e. The van der Waals surface area contributed by atoms with E-state index in [2.05, 4.69) is 6.66 Å². The second-order valence-corrected chi connectivity index (χ2v) is 9.74. The average Bonchev–Trinajstić information content (AvgIpc) is 2.65. The summed E-state index contributed by atoms with van der Waals surface area (Å²) >= 11 is 0. The van der Waals surface area contributed by atoms with E-state index in [1.54, 1.807) is 0 Å². The zero-order chi connectivity index (χ0) is 19.8. The Morgan fingerprint density at radius 1 is 0.519 bits per heavy atom. The lowest BCUT2D eigenvalue weighted by atomic mass is 10.0. The Morgan fingerprint density at radius 3 is 1.04 bits per heavy atom. The molecule has 0 aromatic rings. The summed E-state index contributed by atoms with van der Waals surface area (Å²) in [5.74, 6) is 0. The Balaban J connectivity index is 2.97. The molecule has 0 spiro atoms. The van der Waals surface area contributed by atoms with Gasteiger partial charge in [-0.15, -0.1) is 8.58 Å². The van der Waals surface area contributed by atoms with Crippen molar-refractivity contribution >= 4 is 8.58 Å². The highest BCUT2D eigenvalue weighted by atomic mass is 31.1. The maximum absolute atomic E-state index is 9.00. The standard InChI is InChI=1S/C24H52NOP/c1-27-23-21-19-17-15-13-11-9-7-5-3-2-4-6-8-10-12-14-16-18-20-22-24(25)26/h24,26-27H,2-23,25H2,1H3. The Bertz CT molecular complexity index is 261. The molecule has 2 nitrogen and oxygen atoms in total. The number of nitrogens with two attached hydrogens (primary N) is 1. The van der Waals surface area contributed by atoms with Crippen LogP contribution in [0.4, 0.5) is 0 Å². The quantitative estimate of drug-likeness (QED) is 0.104. The minimum Gasteiger partial charge on any atom is -0.379 e. The summed E-state index contributed by atoms with van der Waals surface area (Å²) in [4.78, 5) is 0. The summed E-state index contributed by atoms with van der Waals surface area (Å²) in [7, 11) is 1.16. The second kappa shape index (κ2) is 24.4. The molecule has 3 N–H and O–H groups in total. The average molecular weight is 402 g/mol. The van der Waals surface area contributed by atoms with Crippen LogP contribution in [-0.2, 0) is 0 Å². The van der Waals surface area contributed by atoms with Gasteiger partial charge >= 0.3 is 0 Å². The van der Waals surface area contributed by atoms with Crippen molar-refractivity contribution in [2.75, 3.05) is 12.8 Å². The van der Waals surface area contributed by atoms with Crippen LogP contribution in [0.3, 0.4) is 0 Å². The molecule has 0 radical (unpaired) electrons. The summed E-state index contributed by atoms with van der Waals surface area (Å²) in [6.45, 7) is 2.32. The number of unbranched alkanes of at least 4 members (excludes halogenated alkanes) is 19. The van der Waals surface area contributed by atoms with Crippen LogP contribution in [-0.4, -0.2) is 24.2 Å². The number of aliphatic hydroxyl groups is 1. The van der Waals surface area contributed by atoms with Crippen LogP contribution in [0, 0.1) is 0 Å². The van der Waals surface area contributed by atoms with Gasteiger partial charge in [0.2, 0.25) is 0 Å². The van der Waals surface area contributed by atoms with Crippen molar-refractivity contribution in [2.45, 2.75) is 141 Å². The zero-order valence-corrected chi connectivity index (χ0v) is 19.7. The van der Waals surface area contributed by atoms with Crippen LogP contribution in [0.25, 0.3) is 0 Å². The fraction of sp³-hybridized carbons (Fsp3) is 1.00. The summed E-state index contributed by atoms with van der Waals surface area (Å²) in [5.41, 5.74) is 5.34. The maximum atomic E-state index is 9.00. The first-order valence-electron chi connectivity index (χ1n) is 12.4. The lowest BCUT2D eigenvalue weighted by Crippen LogP contribution is -2.17. The number of aliphatic hydroxyl groups excluding tert-OH is 1. The summed E-state index contributed by atoms with van der Waals surface area (Å²) < 4.78 is 0. The topological polar surface area (TPSA) is 46.2 Å². The van der Waals surface area contributed by atoms with Gasteiger partial charge in [-0.25, -0.2) is 0 Å². The monoisotopic (exact) mass is 401 g/mol. The molecule has 0 aromatic carbocycles. The first kappa shape index (κ1) is 27.4. The summed E-state index contributed by atoms with van der Waals surface area (Å²) in [5, 5.41) is 9.00. The Kier molecular flexibility index (Phi) is 24.7. The third-order valence-electron chi connectivity index (χ3n) is 5.68. The highest BCUT2D eigenvalue weighted by Crippen LogP contribution is 2.15. The van der Waals surface area contributed by atoms with Gasteiger partial charge in [-0.2, -0.15) is 0 Å². The fourth-order valence-electron chi connectivity index (χ4n) is 3.84. The van der Waals surface area contributed by atoms with E-state index in [1.807, 2.05) is 0 Å². The molecule has 0 amide bonds. The lowest BCUT2D eigenvalue weighted by Gasteiger charge is -2.05. The number of rotatable bonds is 23. The molecule has 0 saturated carbocycles. The molecular formula is C24H52NOP. The van der Waals surface area contributed by atoms with E-state index in [9.17, 15) is 0 Å². The van der Waals surface area contributed by atoms with E-state index in [0.29, 0.717) is 0 Å². The molecule has 3 heteroatoms. The van der Waals surface area contributed by atoms with E-state index in [0.717, 1.165) is 21.4 Å². The van der Waals surface area contributed by atoms with Gasteiger partial charge < -0.3 is 10.8 Å². The Hall–Kier alpha value is 0.350. The first-order valence-corrected chi connectivity index (χ1v) is 14.1. The Labute approximate surface area is 173 Å². The molecule has 0 aliphatic carbocycles. The molecule has 2 unspecified atom stereocenters. The zero-order valence-electron chi connectivity index (χ0n) is 18.7. The van der Waals surface area contributed by atoms with Crippen LogP contribution in [0.5, 0.6) is 0 Å². The van der Waals surface area contributed by atoms with Gasteiger partial charge in [-0.3, -0.25) is 0 Å². The van der Waals surface area contributed by atoms with E-state index in [4.69, 9.17) is 10.8 Å². The third-order valence-corrected chi connectivity index (χ3v) is 6.53. The molecule has 0 aliphatic heterocycles. The molecule has 0 bridgehead atoms. The third kappa shape index (κ3) is 26.4. The van der Waals surface area contributed by atoms with Gasteiger partial charge in [-0.05, 0) is 32.1 Å². The van der Waals surface area contributed by atoms with Gasteiger partial charge in [0.25, 0.3) is 0 Å². The van der Waals surface area contributed by atoms with Gasteiger partial charge in [0.15, 0.2) is 0 Å². The van der Waals surface area contributed by atoms with Crippen LogP contribution in [0.1, 0.15) is 135 Å². The second-order valence-electron chi connectivity index (χ2n) is 8.53. The molecule has 2 atom stereocenters. The van der Waals surface area contributed by atoms with Crippen molar-refractivity contribution in [3.05, 3.63) is 0 Å². The fourth-order valence-corrected chi connectivity index (χ4v) is 4.44. The van der Waals surface area contributed by atoms with E-state index < -0.39 is 6.23 Å². The van der Waals surface area contributed by atoms with Crippen molar-refractivity contribution in [1.82, 2.24) is 0 Å². The molecule has 0 aliphatic rings. The normalized spacial score (nSPS) is 13.0. The molecule has 0 aromatic heterocycles. The van der Waals surface area contributed by atoms with Crippen LogP contribution in [0.2, 0.25) is 0 Å². The highest BCUT2D eigenvalue weighted by molar-refractivity contribution is 7.36. The predicted molar refractivity (Wildman–Crippen MR) is 126 cm³/mol. The minimum absolute atomic E-state index is 0.602. The maximum Gasteiger partial charge on any atom is 0.102 e. The van der Waals surface area contributed by atoms with Crippen molar-refractivity contribution < 1.29 is 5.11 Å². The molecular weight excluding hydrogens is 349 g/mol. The molecule has 0 fully saturated rings. The van der Waals surface area contributed by atoms with E-state index in [1.165, 1.54) is 128 Å². The molecule has 0 saturated heterocycles. The summed E-state index contributed by atoms with van der Waals surface area (Å²) in [6.07, 6.45) is 29.9. The number of hydrogen-bond acceptors (Lipinski definition) is 2. The first-order chi connectivity index (χ1) is 13.3. The predicted octanol–water partition coefficient (Wildman–Crippen LogP) is 7.76. The molecule has 27 heavy (non-hydrogen) atoms. The SMILES string of the molecule is CPCCCCCCCCCCCCCCCCCCCCCCC(N)O. The molecule has 0 rings (SSSR count). The van der Waals surface area contributed by atoms with E-state index >= 15 is 0 Å². The summed E-state index contributed by atoms with van der Waals surface area (Å²) in [6, 6.07) is 0. The van der Waals surface area contributed by atoms with Crippen molar-refractivity contribution in [3.8, 4) is 0 Å². The van der Waals surface area contributed by atoms with Crippen LogP contribution >= 0.6 is 8.58 Å². The number of hydrogen-bond donors (Lipinski definition) is 2. The lowest BCUT2D eigenvalue weighted by molar-refractivity contribution is 0.168. The largest absolute Gasteiger partial charge is 0.379 e. The van der Waals surface area contributed by atoms with Gasteiger partial charge in [0, 0.05) is 0 Å². The van der Waals surface area contributed by atoms with Crippen molar-refractivity contribution in [1.29, 1.82) is 0 Å². The Morgan fingerprint density at radius 2 is 0.778 bits per heavy atom. The molecule has 0 heterocycles. The van der Waals surface area contributed by atoms with Gasteiger partial charge in [0.1, 0.15) is 6.23 Å². The van der Waals surface area contributed by atoms with Crippen molar-refractivity contribution in [3.63, 3.8) is 0 Å². The van der Waals surface area contributed by atoms with Gasteiger partial charge in [0.05, 0.1) is 0 Å². The minimum atomic E-state index is -0.602. The highest BCUT2D eigenvalue weighted by Gasteiger charge is 1.97.